The third kappa shape index (κ3) is 4.41. The van der Waals surface area contributed by atoms with Crippen molar-refractivity contribution in [1.82, 2.24) is 25.5 Å². The van der Waals surface area contributed by atoms with Gasteiger partial charge in [-0.15, -0.1) is 5.10 Å². The number of rotatable bonds is 8. The molecule has 8 nitrogen and oxygen atoms in total. The van der Waals surface area contributed by atoms with E-state index in [1.165, 1.54) is 11.0 Å². The summed E-state index contributed by atoms with van der Waals surface area (Å²) in [6, 6.07) is 14.5. The number of carbonyl (C=O) groups is 1. The molecule has 0 fully saturated rings. The Labute approximate surface area is 157 Å². The molecule has 0 saturated carbocycles. The molecule has 0 saturated heterocycles. The standard InChI is InChI=1S/C19H21N5O3/c1-26-16-9-8-14(12-17(16)27-2)10-11-20-19(25)18(24-13-21-22-23-24)15-6-4-3-5-7-15/h3-9,12-13,18H,10-11H2,1-2H3,(H,20,25)/t18-/m1/s1. The molecule has 3 rings (SSSR count). The van der Waals surface area contributed by atoms with Gasteiger partial charge in [-0.25, -0.2) is 4.68 Å². The van der Waals surface area contributed by atoms with Gasteiger partial charge in [-0.3, -0.25) is 4.79 Å². The largest absolute Gasteiger partial charge is 0.493 e. The van der Waals surface area contributed by atoms with Crippen LogP contribution in [0.4, 0.5) is 0 Å². The maximum absolute atomic E-state index is 12.8. The molecule has 1 atom stereocenters. The Balaban J connectivity index is 1.67. The van der Waals surface area contributed by atoms with Gasteiger partial charge in [0.1, 0.15) is 6.33 Å². The summed E-state index contributed by atoms with van der Waals surface area (Å²) in [5.41, 5.74) is 1.85. The predicted molar refractivity (Wildman–Crippen MR) is 98.7 cm³/mol. The van der Waals surface area contributed by atoms with Crippen molar-refractivity contribution < 1.29 is 14.3 Å². The molecule has 8 heteroatoms. The second-order valence-electron chi connectivity index (χ2n) is 5.83. The van der Waals surface area contributed by atoms with Gasteiger partial charge in [-0.1, -0.05) is 36.4 Å². The van der Waals surface area contributed by atoms with Crippen molar-refractivity contribution in [2.24, 2.45) is 0 Å². The highest BCUT2D eigenvalue weighted by Gasteiger charge is 2.23. The number of tetrazole rings is 1. The van der Waals surface area contributed by atoms with Crippen LogP contribution in [0.15, 0.2) is 54.9 Å². The first-order valence-electron chi connectivity index (χ1n) is 8.49. The van der Waals surface area contributed by atoms with Crippen molar-refractivity contribution in [2.75, 3.05) is 20.8 Å². The Hall–Kier alpha value is -3.42. The van der Waals surface area contributed by atoms with Gasteiger partial charge in [0.15, 0.2) is 17.5 Å². The summed E-state index contributed by atoms with van der Waals surface area (Å²) in [5.74, 6) is 1.17. The summed E-state index contributed by atoms with van der Waals surface area (Å²) >= 11 is 0. The van der Waals surface area contributed by atoms with Gasteiger partial charge in [0.05, 0.1) is 14.2 Å². The van der Waals surface area contributed by atoms with E-state index in [4.69, 9.17) is 9.47 Å². The van der Waals surface area contributed by atoms with Crippen LogP contribution in [0.1, 0.15) is 17.2 Å². The lowest BCUT2D eigenvalue weighted by atomic mass is 10.1. The van der Waals surface area contributed by atoms with E-state index in [0.717, 1.165) is 11.1 Å². The van der Waals surface area contributed by atoms with Crippen LogP contribution in [0, 0.1) is 0 Å². The molecule has 0 spiro atoms. The number of carbonyl (C=O) groups excluding carboxylic acids is 1. The van der Waals surface area contributed by atoms with Crippen LogP contribution < -0.4 is 14.8 Å². The van der Waals surface area contributed by atoms with Crippen LogP contribution in [-0.2, 0) is 11.2 Å². The molecule has 0 aliphatic rings. The number of nitrogens with zero attached hydrogens (tertiary/aromatic N) is 4. The number of methoxy groups -OCH3 is 2. The molecule has 2 aromatic carbocycles. The van der Waals surface area contributed by atoms with Crippen molar-refractivity contribution in [1.29, 1.82) is 0 Å². The number of ether oxygens (including phenoxy) is 2. The van der Waals surface area contributed by atoms with Crippen molar-refractivity contribution >= 4 is 5.91 Å². The summed E-state index contributed by atoms with van der Waals surface area (Å²) in [7, 11) is 3.19. The molecule has 140 valence electrons. The average Bonchev–Trinajstić information content (AvgIpc) is 3.23. The highest BCUT2D eigenvalue weighted by Crippen LogP contribution is 2.27. The molecule has 1 amide bonds. The van der Waals surface area contributed by atoms with E-state index in [1.807, 2.05) is 48.5 Å². The Kier molecular flexibility index (Phi) is 5.98. The molecular formula is C19H21N5O3. The second kappa shape index (κ2) is 8.79. The highest BCUT2D eigenvalue weighted by molar-refractivity contribution is 5.83. The van der Waals surface area contributed by atoms with Crippen LogP contribution in [0.25, 0.3) is 0 Å². The lowest BCUT2D eigenvalue weighted by Gasteiger charge is -2.17. The Morgan fingerprint density at radius 3 is 2.56 bits per heavy atom. The van der Waals surface area contributed by atoms with Gasteiger partial charge in [0, 0.05) is 6.54 Å². The third-order valence-electron chi connectivity index (χ3n) is 4.15. The van der Waals surface area contributed by atoms with Crippen LogP contribution in [0.5, 0.6) is 11.5 Å². The number of nitrogens with one attached hydrogen (secondary N) is 1. The van der Waals surface area contributed by atoms with E-state index in [-0.39, 0.29) is 5.91 Å². The molecule has 0 bridgehead atoms. The summed E-state index contributed by atoms with van der Waals surface area (Å²) in [6.07, 6.45) is 2.09. The van der Waals surface area contributed by atoms with E-state index in [9.17, 15) is 4.79 Å². The van der Waals surface area contributed by atoms with E-state index >= 15 is 0 Å². The summed E-state index contributed by atoms with van der Waals surface area (Å²) in [4.78, 5) is 12.8. The van der Waals surface area contributed by atoms with Crippen molar-refractivity contribution in [3.63, 3.8) is 0 Å². The first-order chi connectivity index (χ1) is 13.2. The third-order valence-corrected chi connectivity index (χ3v) is 4.15. The minimum absolute atomic E-state index is 0.172. The predicted octanol–water partition coefficient (Wildman–Crippen LogP) is 1.64. The topological polar surface area (TPSA) is 91.2 Å². The number of hydrogen-bond acceptors (Lipinski definition) is 6. The van der Waals surface area contributed by atoms with Crippen LogP contribution in [-0.4, -0.2) is 46.9 Å². The maximum Gasteiger partial charge on any atom is 0.249 e. The minimum atomic E-state index is -0.619. The lowest BCUT2D eigenvalue weighted by Crippen LogP contribution is -2.34. The van der Waals surface area contributed by atoms with E-state index in [2.05, 4.69) is 20.8 Å². The van der Waals surface area contributed by atoms with Crippen molar-refractivity contribution in [2.45, 2.75) is 12.5 Å². The molecule has 1 aromatic heterocycles. The smallest absolute Gasteiger partial charge is 0.249 e. The zero-order valence-corrected chi connectivity index (χ0v) is 15.2. The fourth-order valence-corrected chi connectivity index (χ4v) is 2.81. The summed E-state index contributed by atoms with van der Waals surface area (Å²) in [6.45, 7) is 0.472. The van der Waals surface area contributed by atoms with Gasteiger partial charge in [0.2, 0.25) is 5.91 Å². The zero-order chi connectivity index (χ0) is 19.1. The van der Waals surface area contributed by atoms with Gasteiger partial charge >= 0.3 is 0 Å². The molecule has 0 aliphatic heterocycles. The number of aromatic nitrogens is 4. The number of hydrogen-bond donors (Lipinski definition) is 1. The summed E-state index contributed by atoms with van der Waals surface area (Å²) < 4.78 is 12.0. The van der Waals surface area contributed by atoms with Gasteiger partial charge < -0.3 is 14.8 Å². The van der Waals surface area contributed by atoms with Crippen LogP contribution >= 0.6 is 0 Å². The Morgan fingerprint density at radius 2 is 1.89 bits per heavy atom. The number of amides is 1. The normalized spacial score (nSPS) is 11.6. The molecular weight excluding hydrogens is 346 g/mol. The molecule has 0 unspecified atom stereocenters. The first kappa shape index (κ1) is 18.4. The molecule has 1 N–H and O–H groups in total. The fourth-order valence-electron chi connectivity index (χ4n) is 2.81. The minimum Gasteiger partial charge on any atom is -0.493 e. The van der Waals surface area contributed by atoms with Crippen LogP contribution in [0.3, 0.4) is 0 Å². The Morgan fingerprint density at radius 1 is 1.11 bits per heavy atom. The zero-order valence-electron chi connectivity index (χ0n) is 15.2. The summed E-state index contributed by atoms with van der Waals surface area (Å²) in [5, 5.41) is 14.1. The fraction of sp³-hybridized carbons (Fsp3) is 0.263. The SMILES string of the molecule is COc1ccc(CCNC(=O)[C@@H](c2ccccc2)n2cnnn2)cc1OC. The van der Waals surface area contributed by atoms with Gasteiger partial charge in [-0.2, -0.15) is 0 Å². The monoisotopic (exact) mass is 367 g/mol. The molecule has 27 heavy (non-hydrogen) atoms. The second-order valence-corrected chi connectivity index (χ2v) is 5.83. The molecule has 0 aliphatic carbocycles. The van der Waals surface area contributed by atoms with E-state index < -0.39 is 6.04 Å². The van der Waals surface area contributed by atoms with Crippen molar-refractivity contribution in [3.8, 4) is 11.5 Å². The van der Waals surface area contributed by atoms with E-state index in [0.29, 0.717) is 24.5 Å². The van der Waals surface area contributed by atoms with Gasteiger partial charge in [-0.05, 0) is 40.1 Å². The van der Waals surface area contributed by atoms with Crippen LogP contribution in [0.2, 0.25) is 0 Å². The quantitative estimate of drug-likeness (QED) is 0.651. The van der Waals surface area contributed by atoms with E-state index in [1.54, 1.807) is 14.2 Å². The maximum atomic E-state index is 12.8. The van der Waals surface area contributed by atoms with Gasteiger partial charge in [0.25, 0.3) is 0 Å². The molecule has 1 heterocycles. The lowest BCUT2D eigenvalue weighted by molar-refractivity contribution is -0.123. The molecule has 0 radical (unpaired) electrons. The Bertz CT molecular complexity index is 868. The van der Waals surface area contributed by atoms with Crippen molar-refractivity contribution in [3.05, 3.63) is 66.0 Å². The molecule has 3 aromatic rings. The highest BCUT2D eigenvalue weighted by atomic mass is 16.5. The average molecular weight is 367 g/mol. The number of benzene rings is 2. The first-order valence-corrected chi connectivity index (χ1v) is 8.49.